The maximum atomic E-state index is 4.02. The van der Waals surface area contributed by atoms with Gasteiger partial charge in [0.1, 0.15) is 0 Å². The van der Waals surface area contributed by atoms with Gasteiger partial charge in [-0.3, -0.25) is 0 Å². The Bertz CT molecular complexity index is 238. The normalized spacial score (nSPS) is 10.8. The highest BCUT2D eigenvalue weighted by Crippen LogP contribution is 2.16. The molecule has 0 amide bonds. The molecule has 1 atom stereocenters. The van der Waals surface area contributed by atoms with Crippen LogP contribution >= 0.6 is 0 Å². The average Bonchev–Trinajstić information content (AvgIpc) is 1.97. The van der Waals surface area contributed by atoms with Gasteiger partial charge in [-0.25, -0.2) is 0 Å². The maximum Gasteiger partial charge on any atom is -0.0248 e. The van der Waals surface area contributed by atoms with Crippen LogP contribution in [0.1, 0.15) is 23.6 Å². The Hall–Kier alpha value is -0.780. The SMILES string of the molecule is [CH2]C(C)Cc1c(C)cccc1C. The summed E-state index contributed by atoms with van der Waals surface area (Å²) in [4.78, 5) is 0. The zero-order valence-electron chi connectivity index (χ0n) is 8.22. The summed E-state index contributed by atoms with van der Waals surface area (Å²) in [6.45, 7) is 10.5. The van der Waals surface area contributed by atoms with Crippen molar-refractivity contribution in [2.45, 2.75) is 27.2 Å². The van der Waals surface area contributed by atoms with Crippen molar-refractivity contribution in [3.05, 3.63) is 41.8 Å². The average molecular weight is 161 g/mol. The van der Waals surface area contributed by atoms with E-state index in [0.717, 1.165) is 6.42 Å². The van der Waals surface area contributed by atoms with Crippen LogP contribution in [0.3, 0.4) is 0 Å². The first-order valence-electron chi connectivity index (χ1n) is 4.49. The van der Waals surface area contributed by atoms with E-state index in [9.17, 15) is 0 Å². The van der Waals surface area contributed by atoms with Crippen molar-refractivity contribution in [1.29, 1.82) is 0 Å². The molecule has 0 saturated carbocycles. The molecule has 0 saturated heterocycles. The van der Waals surface area contributed by atoms with Gasteiger partial charge in [0.15, 0.2) is 0 Å². The van der Waals surface area contributed by atoms with Crippen LogP contribution in [0, 0.1) is 26.7 Å². The van der Waals surface area contributed by atoms with Crippen LogP contribution in [0.25, 0.3) is 0 Å². The molecule has 0 heteroatoms. The second-order valence-corrected chi connectivity index (χ2v) is 3.68. The third-order valence-electron chi connectivity index (χ3n) is 2.20. The molecular weight excluding hydrogens is 144 g/mol. The summed E-state index contributed by atoms with van der Waals surface area (Å²) in [5.74, 6) is 0.504. The van der Waals surface area contributed by atoms with Gasteiger partial charge in [0.25, 0.3) is 0 Å². The number of rotatable bonds is 2. The predicted molar refractivity (Wildman–Crippen MR) is 54.1 cm³/mol. The van der Waals surface area contributed by atoms with Crippen LogP contribution in [0.2, 0.25) is 0 Å². The van der Waals surface area contributed by atoms with Gasteiger partial charge in [0, 0.05) is 0 Å². The van der Waals surface area contributed by atoms with Gasteiger partial charge in [-0.15, -0.1) is 0 Å². The summed E-state index contributed by atoms with van der Waals surface area (Å²) in [5, 5.41) is 0. The van der Waals surface area contributed by atoms with Crippen LogP contribution < -0.4 is 0 Å². The van der Waals surface area contributed by atoms with Gasteiger partial charge < -0.3 is 0 Å². The van der Waals surface area contributed by atoms with Gasteiger partial charge in [-0.2, -0.15) is 0 Å². The number of hydrogen-bond donors (Lipinski definition) is 0. The number of aryl methyl sites for hydroxylation is 2. The first kappa shape index (κ1) is 9.31. The van der Waals surface area contributed by atoms with Crippen LogP contribution in [0.4, 0.5) is 0 Å². The summed E-state index contributed by atoms with van der Waals surface area (Å²) in [5.41, 5.74) is 4.26. The molecule has 0 bridgehead atoms. The summed E-state index contributed by atoms with van der Waals surface area (Å²) < 4.78 is 0. The lowest BCUT2D eigenvalue weighted by Gasteiger charge is -2.11. The van der Waals surface area contributed by atoms with Crippen LogP contribution in [0.15, 0.2) is 18.2 Å². The number of hydrogen-bond acceptors (Lipinski definition) is 0. The van der Waals surface area contributed by atoms with Crippen molar-refractivity contribution in [1.82, 2.24) is 0 Å². The molecule has 1 radical (unpaired) electrons. The van der Waals surface area contributed by atoms with Gasteiger partial charge in [-0.1, -0.05) is 32.0 Å². The number of benzene rings is 1. The lowest BCUT2D eigenvalue weighted by molar-refractivity contribution is 0.712. The molecule has 0 fully saturated rings. The fraction of sp³-hybridized carbons (Fsp3) is 0.417. The maximum absolute atomic E-state index is 4.02. The Morgan fingerprint density at radius 2 is 1.75 bits per heavy atom. The molecule has 0 aliphatic carbocycles. The second kappa shape index (κ2) is 3.75. The first-order valence-corrected chi connectivity index (χ1v) is 4.49. The molecule has 1 unspecified atom stereocenters. The highest BCUT2D eigenvalue weighted by molar-refractivity contribution is 5.33. The molecule has 12 heavy (non-hydrogen) atoms. The molecule has 1 aromatic carbocycles. The van der Waals surface area contributed by atoms with Gasteiger partial charge in [0.05, 0.1) is 0 Å². The Morgan fingerprint density at radius 3 is 2.17 bits per heavy atom. The standard InChI is InChI=1S/C12H17/c1-9(2)8-12-10(3)6-5-7-11(12)4/h5-7,9H,1,8H2,2-4H3. The lowest BCUT2D eigenvalue weighted by Crippen LogP contribution is -1.99. The first-order chi connectivity index (χ1) is 5.61. The Labute approximate surface area is 75.6 Å². The zero-order chi connectivity index (χ0) is 9.14. The van der Waals surface area contributed by atoms with Crippen molar-refractivity contribution in [3.8, 4) is 0 Å². The zero-order valence-corrected chi connectivity index (χ0v) is 8.22. The highest BCUT2D eigenvalue weighted by Gasteiger charge is 2.03. The lowest BCUT2D eigenvalue weighted by atomic mass is 9.95. The van der Waals surface area contributed by atoms with Crippen LogP contribution in [0.5, 0.6) is 0 Å². The van der Waals surface area contributed by atoms with Crippen molar-refractivity contribution < 1.29 is 0 Å². The van der Waals surface area contributed by atoms with Gasteiger partial charge in [-0.05, 0) is 42.9 Å². The summed E-state index contributed by atoms with van der Waals surface area (Å²) in [6, 6.07) is 6.46. The van der Waals surface area contributed by atoms with E-state index in [1.807, 2.05) is 0 Å². The molecule has 0 nitrogen and oxygen atoms in total. The Morgan fingerprint density at radius 1 is 1.25 bits per heavy atom. The molecule has 1 rings (SSSR count). The fourth-order valence-corrected chi connectivity index (χ4v) is 1.52. The minimum Gasteiger partial charge on any atom is -0.0622 e. The largest absolute Gasteiger partial charge is 0.0622 e. The molecule has 0 aromatic heterocycles. The highest BCUT2D eigenvalue weighted by atomic mass is 14.1. The predicted octanol–water partition coefficient (Wildman–Crippen LogP) is 3.32. The van der Waals surface area contributed by atoms with Crippen molar-refractivity contribution in [2.75, 3.05) is 0 Å². The van der Waals surface area contributed by atoms with E-state index in [1.54, 1.807) is 0 Å². The van der Waals surface area contributed by atoms with Crippen molar-refractivity contribution in [3.63, 3.8) is 0 Å². The van der Waals surface area contributed by atoms with E-state index >= 15 is 0 Å². The molecule has 0 N–H and O–H groups in total. The summed E-state index contributed by atoms with van der Waals surface area (Å²) in [6.07, 6.45) is 1.10. The molecule has 0 aliphatic heterocycles. The van der Waals surface area contributed by atoms with E-state index in [1.165, 1.54) is 16.7 Å². The van der Waals surface area contributed by atoms with Crippen LogP contribution in [-0.4, -0.2) is 0 Å². The topological polar surface area (TPSA) is 0 Å². The molecular formula is C12H17. The van der Waals surface area contributed by atoms with Crippen LogP contribution in [-0.2, 0) is 6.42 Å². The minimum atomic E-state index is 0.504. The molecule has 65 valence electrons. The molecule has 1 aromatic rings. The van der Waals surface area contributed by atoms with E-state index in [-0.39, 0.29) is 0 Å². The van der Waals surface area contributed by atoms with E-state index in [2.05, 4.69) is 45.9 Å². The quantitative estimate of drug-likeness (QED) is 0.624. The second-order valence-electron chi connectivity index (χ2n) is 3.68. The van der Waals surface area contributed by atoms with Gasteiger partial charge in [0.2, 0.25) is 0 Å². The summed E-state index contributed by atoms with van der Waals surface area (Å²) in [7, 11) is 0. The monoisotopic (exact) mass is 161 g/mol. The summed E-state index contributed by atoms with van der Waals surface area (Å²) >= 11 is 0. The fourth-order valence-electron chi connectivity index (χ4n) is 1.52. The molecule has 0 aliphatic rings. The third kappa shape index (κ3) is 2.10. The Kier molecular flexibility index (Phi) is 2.91. The van der Waals surface area contributed by atoms with Crippen molar-refractivity contribution in [2.24, 2.45) is 5.92 Å². The Balaban J connectivity index is 2.96. The van der Waals surface area contributed by atoms with Gasteiger partial charge >= 0.3 is 0 Å². The molecule has 0 heterocycles. The van der Waals surface area contributed by atoms with E-state index < -0.39 is 0 Å². The third-order valence-corrected chi connectivity index (χ3v) is 2.20. The van der Waals surface area contributed by atoms with E-state index in [4.69, 9.17) is 0 Å². The smallest absolute Gasteiger partial charge is 0.0248 e. The van der Waals surface area contributed by atoms with E-state index in [0.29, 0.717) is 5.92 Å². The van der Waals surface area contributed by atoms with Crippen molar-refractivity contribution >= 4 is 0 Å². The minimum absolute atomic E-state index is 0.504. The molecule has 0 spiro atoms.